The Labute approximate surface area is 491 Å². The Kier molecular flexibility index (Phi) is 24.4. The van der Waals surface area contributed by atoms with Gasteiger partial charge in [-0.1, -0.05) is 78.6 Å². The number of urea groups is 3. The number of hydrogen-bond donors (Lipinski definition) is 9. The van der Waals surface area contributed by atoms with Gasteiger partial charge in [0.1, 0.15) is 17.2 Å². The van der Waals surface area contributed by atoms with E-state index in [4.69, 9.17) is 14.2 Å². The maximum Gasteiger partial charge on any atom is 0.323 e. The average Bonchev–Trinajstić information content (AvgIpc) is 3.52. The molecule has 7 rings (SSSR count). The summed E-state index contributed by atoms with van der Waals surface area (Å²) in [5.74, 6) is 0.280. The third-order valence-electron chi connectivity index (χ3n) is 13.1. The van der Waals surface area contributed by atoms with Crippen molar-refractivity contribution < 1.29 is 43.0 Å². The van der Waals surface area contributed by atoms with Crippen molar-refractivity contribution in [1.82, 2.24) is 0 Å². The van der Waals surface area contributed by atoms with Crippen LogP contribution in [0.4, 0.5) is 65.6 Å². The highest BCUT2D eigenvalue weighted by Gasteiger charge is 2.19. The number of unbranched alkanes of at least 4 members (excludes halogenated alkanes) is 9. The summed E-state index contributed by atoms with van der Waals surface area (Å²) in [6.45, 7) is 8.38. The van der Waals surface area contributed by atoms with Gasteiger partial charge in [0, 0.05) is 67.9 Å². The lowest BCUT2D eigenvalue weighted by molar-refractivity contribution is 0.102. The first-order valence-electron chi connectivity index (χ1n) is 28.7. The molecule has 438 valence electrons. The number of benzene rings is 7. The third-order valence-corrected chi connectivity index (χ3v) is 13.1. The van der Waals surface area contributed by atoms with Crippen LogP contribution in [0.15, 0.2) is 164 Å². The largest absolute Gasteiger partial charge is 0.494 e. The van der Waals surface area contributed by atoms with Gasteiger partial charge in [-0.25, -0.2) is 14.4 Å². The predicted molar refractivity (Wildman–Crippen MR) is 336 cm³/mol. The van der Waals surface area contributed by atoms with Crippen molar-refractivity contribution in [2.24, 2.45) is 0 Å². The number of carbonyl (C=O) groups is 6. The molecular formula is C66H75N9O9. The minimum Gasteiger partial charge on any atom is -0.494 e. The van der Waals surface area contributed by atoms with E-state index in [1.54, 1.807) is 146 Å². The molecule has 18 nitrogen and oxygen atoms in total. The van der Waals surface area contributed by atoms with Crippen molar-refractivity contribution >= 4 is 87.0 Å². The molecule has 0 radical (unpaired) electrons. The zero-order valence-electron chi connectivity index (χ0n) is 47.9. The van der Waals surface area contributed by atoms with Gasteiger partial charge in [0.2, 0.25) is 0 Å². The molecule has 7 aromatic carbocycles. The first kappa shape index (κ1) is 61.8. The molecule has 0 saturated heterocycles. The van der Waals surface area contributed by atoms with Crippen molar-refractivity contribution in [2.75, 3.05) is 67.7 Å². The minimum atomic E-state index is -0.628. The van der Waals surface area contributed by atoms with E-state index in [0.29, 0.717) is 71.0 Å². The van der Waals surface area contributed by atoms with Gasteiger partial charge in [0.15, 0.2) is 0 Å². The Hall–Kier alpha value is -9.84. The second-order valence-corrected chi connectivity index (χ2v) is 19.9. The highest BCUT2D eigenvalue weighted by molar-refractivity contribution is 6.13. The monoisotopic (exact) mass is 1140 g/mol. The predicted octanol–water partition coefficient (Wildman–Crippen LogP) is 16.3. The summed E-state index contributed by atoms with van der Waals surface area (Å²) in [5.41, 5.74) is 4.18. The van der Waals surface area contributed by atoms with Gasteiger partial charge in [-0.2, -0.15) is 0 Å². The van der Waals surface area contributed by atoms with Gasteiger partial charge >= 0.3 is 18.1 Å². The molecule has 7 aromatic rings. The van der Waals surface area contributed by atoms with E-state index in [1.807, 2.05) is 0 Å². The summed E-state index contributed by atoms with van der Waals surface area (Å²) >= 11 is 0. The highest BCUT2D eigenvalue weighted by atomic mass is 16.5. The maximum absolute atomic E-state index is 14.0. The molecule has 0 heterocycles. The van der Waals surface area contributed by atoms with Crippen LogP contribution in [0, 0.1) is 0 Å². The molecule has 84 heavy (non-hydrogen) atoms. The smallest absolute Gasteiger partial charge is 0.323 e. The van der Waals surface area contributed by atoms with Crippen LogP contribution in [0.3, 0.4) is 0 Å². The molecule has 9 N–H and O–H groups in total. The first-order chi connectivity index (χ1) is 40.9. The third kappa shape index (κ3) is 21.2. The van der Waals surface area contributed by atoms with Gasteiger partial charge in [-0.05, 0) is 183 Å². The summed E-state index contributed by atoms with van der Waals surface area (Å²) < 4.78 is 17.4. The second kappa shape index (κ2) is 33.2. The number of amides is 9. The fraction of sp³-hybridized carbons (Fsp3) is 0.273. The van der Waals surface area contributed by atoms with E-state index < -0.39 is 35.8 Å². The number of anilines is 9. The molecule has 0 aliphatic heterocycles. The van der Waals surface area contributed by atoms with E-state index in [-0.39, 0.29) is 16.7 Å². The summed E-state index contributed by atoms with van der Waals surface area (Å²) in [6, 6.07) is 43.3. The fourth-order valence-corrected chi connectivity index (χ4v) is 8.48. The molecule has 0 atom stereocenters. The van der Waals surface area contributed by atoms with E-state index in [2.05, 4.69) is 68.6 Å². The lowest BCUT2D eigenvalue weighted by Crippen LogP contribution is -2.20. The molecule has 0 fully saturated rings. The number of nitrogens with one attached hydrogen (secondary N) is 9. The Bertz CT molecular complexity index is 2870. The van der Waals surface area contributed by atoms with E-state index in [1.165, 1.54) is 37.5 Å². The molecular weight excluding hydrogens is 1060 g/mol. The van der Waals surface area contributed by atoms with Crippen molar-refractivity contribution in [3.63, 3.8) is 0 Å². The minimum absolute atomic E-state index is 0.00689. The van der Waals surface area contributed by atoms with Gasteiger partial charge in [0.05, 0.1) is 19.8 Å². The molecule has 0 aromatic heterocycles. The number of hydrogen-bond acceptors (Lipinski definition) is 9. The average molecular weight is 1140 g/mol. The van der Waals surface area contributed by atoms with Gasteiger partial charge in [-0.3, -0.25) is 14.4 Å². The molecule has 0 unspecified atom stereocenters. The number of carbonyl (C=O) groups excluding carboxylic acids is 6. The molecule has 0 saturated carbocycles. The van der Waals surface area contributed by atoms with E-state index >= 15 is 0 Å². The molecule has 0 aliphatic carbocycles. The van der Waals surface area contributed by atoms with Crippen LogP contribution in [0.5, 0.6) is 17.2 Å². The van der Waals surface area contributed by atoms with Crippen molar-refractivity contribution in [2.45, 2.75) is 97.8 Å². The zero-order chi connectivity index (χ0) is 59.3. The topological polar surface area (TPSA) is 238 Å². The zero-order valence-corrected chi connectivity index (χ0v) is 47.9. The second-order valence-electron chi connectivity index (χ2n) is 19.9. The standard InChI is InChI=1S/C66H75N9O9/c1-4-7-10-13-40-82-58-34-28-55(29-35-58)73-64(79)70-52-22-16-49(17-23-52)67-61(76)46-43-47(62(77)68-50-18-24-53(25-19-50)71-65(80)74-56-30-36-59(37-31-56)83-41-14-11-8-5-2)45-48(44-46)63(78)69-51-20-26-54(27-21-51)72-66(81)75-57-32-38-60(39-33-57)84-42-15-12-9-6-3/h16-39,43-45H,4-15,40-42H2,1-3H3,(H,67,76)(H,68,77)(H,69,78)(H2,70,73,79)(H2,71,74,80)(H2,72,75,81). The Morgan fingerprint density at radius 2 is 0.452 bits per heavy atom. The Morgan fingerprint density at radius 3 is 0.655 bits per heavy atom. The highest BCUT2D eigenvalue weighted by Crippen LogP contribution is 2.24. The van der Waals surface area contributed by atoms with Crippen LogP contribution < -0.4 is 62.1 Å². The molecule has 18 heteroatoms. The summed E-state index contributed by atoms with van der Waals surface area (Å²) in [6.07, 6.45) is 13.3. The summed E-state index contributed by atoms with van der Waals surface area (Å²) in [5, 5.41) is 25.2. The molecule has 0 spiro atoms. The summed E-state index contributed by atoms with van der Waals surface area (Å²) in [7, 11) is 0. The van der Waals surface area contributed by atoms with Crippen LogP contribution >= 0.6 is 0 Å². The Morgan fingerprint density at radius 1 is 0.262 bits per heavy atom. The first-order valence-corrected chi connectivity index (χ1v) is 28.7. The summed E-state index contributed by atoms with van der Waals surface area (Å²) in [4.78, 5) is 80.5. The van der Waals surface area contributed by atoms with Gasteiger partial charge in [-0.15, -0.1) is 0 Å². The maximum atomic E-state index is 14.0. The SMILES string of the molecule is CCCCCCOc1ccc(NC(=O)Nc2ccc(NC(=O)c3cc(C(=O)Nc4ccc(NC(=O)Nc5ccc(OCCCCCC)cc5)cc4)cc(C(=O)Nc4ccc(NC(=O)Nc5ccc(OCCCCCC)cc5)cc4)c3)cc2)cc1. The lowest BCUT2D eigenvalue weighted by atomic mass is 10.0. The van der Waals surface area contributed by atoms with Crippen molar-refractivity contribution in [3.8, 4) is 17.2 Å². The number of ether oxygens (including phenoxy) is 3. The Balaban J connectivity index is 0.972. The normalized spacial score (nSPS) is 10.6. The van der Waals surface area contributed by atoms with Crippen molar-refractivity contribution in [3.05, 3.63) is 180 Å². The molecule has 0 bridgehead atoms. The number of rotatable bonds is 30. The van der Waals surface area contributed by atoms with Gasteiger partial charge in [0.25, 0.3) is 17.7 Å². The van der Waals surface area contributed by atoms with E-state index in [9.17, 15) is 28.8 Å². The van der Waals surface area contributed by atoms with Crippen LogP contribution in [0.2, 0.25) is 0 Å². The fourth-order valence-electron chi connectivity index (χ4n) is 8.48. The molecule has 0 aliphatic rings. The van der Waals surface area contributed by atoms with Crippen molar-refractivity contribution in [1.29, 1.82) is 0 Å². The van der Waals surface area contributed by atoms with Crippen LogP contribution in [0.25, 0.3) is 0 Å². The van der Waals surface area contributed by atoms with E-state index in [0.717, 1.165) is 75.0 Å². The quantitative estimate of drug-likeness (QED) is 0.0194. The molecule has 9 amide bonds. The van der Waals surface area contributed by atoms with Crippen LogP contribution in [-0.2, 0) is 0 Å². The lowest BCUT2D eigenvalue weighted by Gasteiger charge is -2.13. The van der Waals surface area contributed by atoms with Gasteiger partial charge < -0.3 is 62.1 Å². The van der Waals surface area contributed by atoms with Crippen LogP contribution in [-0.4, -0.2) is 55.6 Å². The van der Waals surface area contributed by atoms with Crippen LogP contribution in [0.1, 0.15) is 129 Å².